The number of halogens is 1. The highest BCUT2D eigenvalue weighted by molar-refractivity contribution is 5.84. The van der Waals surface area contributed by atoms with E-state index in [0.717, 1.165) is 12.3 Å². The molecule has 1 aromatic carbocycles. The van der Waals surface area contributed by atoms with Crippen molar-refractivity contribution in [3.05, 3.63) is 36.4 Å². The highest BCUT2D eigenvalue weighted by Crippen LogP contribution is 2.28. The number of carbonyl (C=O) groups is 1. The minimum Gasteiger partial charge on any atom is -0.351 e. The van der Waals surface area contributed by atoms with Crippen LogP contribution in [0.1, 0.15) is 44.9 Å². The summed E-state index contributed by atoms with van der Waals surface area (Å²) in [7, 11) is 0. The topological polar surface area (TPSA) is 80.0 Å². The van der Waals surface area contributed by atoms with E-state index in [1.54, 1.807) is 12.1 Å². The third-order valence-electron chi connectivity index (χ3n) is 6.69. The summed E-state index contributed by atoms with van der Waals surface area (Å²) in [4.78, 5) is 25.6. The molecule has 1 saturated carbocycles. The van der Waals surface area contributed by atoms with E-state index in [-0.39, 0.29) is 11.7 Å². The summed E-state index contributed by atoms with van der Waals surface area (Å²) in [6.07, 6.45) is 9.70. The van der Waals surface area contributed by atoms with Crippen molar-refractivity contribution in [3.8, 4) is 5.69 Å². The maximum Gasteiger partial charge on any atom is 0.222 e. The molecule has 0 bridgehead atoms. The highest BCUT2D eigenvalue weighted by atomic mass is 19.1. The molecule has 3 aromatic rings. The lowest BCUT2D eigenvalue weighted by molar-refractivity contribution is -0.131. The highest BCUT2D eigenvalue weighted by Gasteiger charge is 2.25. The summed E-state index contributed by atoms with van der Waals surface area (Å²) >= 11 is 0. The Morgan fingerprint density at radius 1 is 1.06 bits per heavy atom. The van der Waals surface area contributed by atoms with Gasteiger partial charge in [-0.25, -0.2) is 14.4 Å². The second-order valence-electron chi connectivity index (χ2n) is 8.76. The fourth-order valence-corrected chi connectivity index (χ4v) is 4.88. The van der Waals surface area contributed by atoms with Gasteiger partial charge in [0, 0.05) is 32.6 Å². The Labute approximate surface area is 186 Å². The largest absolute Gasteiger partial charge is 0.351 e. The van der Waals surface area contributed by atoms with Gasteiger partial charge in [-0.2, -0.15) is 4.68 Å². The molecule has 9 heteroatoms. The van der Waals surface area contributed by atoms with Crippen LogP contribution in [0.5, 0.6) is 0 Å². The SMILES string of the molecule is O=C(CCC1CCCCC1)N1CCN(c2ncnc3c2nnn3-c2cccc(F)c2)CC1. The Morgan fingerprint density at radius 2 is 1.88 bits per heavy atom. The first-order chi connectivity index (χ1) is 15.7. The van der Waals surface area contributed by atoms with Crippen LogP contribution >= 0.6 is 0 Å². The molecule has 1 saturated heterocycles. The lowest BCUT2D eigenvalue weighted by Crippen LogP contribution is -2.49. The lowest BCUT2D eigenvalue weighted by atomic mass is 9.86. The zero-order valence-corrected chi connectivity index (χ0v) is 18.2. The molecule has 2 fully saturated rings. The molecule has 0 spiro atoms. The number of hydrogen-bond donors (Lipinski definition) is 0. The van der Waals surface area contributed by atoms with E-state index >= 15 is 0 Å². The Morgan fingerprint density at radius 3 is 2.66 bits per heavy atom. The normalized spacial score (nSPS) is 17.8. The number of nitrogens with zero attached hydrogens (tertiary/aromatic N) is 7. The number of fused-ring (bicyclic) bond motifs is 1. The van der Waals surface area contributed by atoms with E-state index in [4.69, 9.17) is 0 Å². The Hall–Kier alpha value is -3.10. The molecule has 5 rings (SSSR count). The Balaban J connectivity index is 1.24. The van der Waals surface area contributed by atoms with E-state index in [1.807, 2.05) is 4.90 Å². The van der Waals surface area contributed by atoms with Gasteiger partial charge in [0.2, 0.25) is 5.91 Å². The van der Waals surface area contributed by atoms with Crippen molar-refractivity contribution >= 4 is 22.9 Å². The zero-order chi connectivity index (χ0) is 21.9. The summed E-state index contributed by atoms with van der Waals surface area (Å²) < 4.78 is 15.2. The van der Waals surface area contributed by atoms with Gasteiger partial charge in [0.25, 0.3) is 0 Å². The number of carbonyl (C=O) groups excluding carboxylic acids is 1. The number of piperazine rings is 1. The summed E-state index contributed by atoms with van der Waals surface area (Å²) in [5.74, 6) is 1.35. The molecule has 0 radical (unpaired) electrons. The quantitative estimate of drug-likeness (QED) is 0.609. The monoisotopic (exact) mass is 437 g/mol. The first-order valence-electron chi connectivity index (χ1n) is 11.5. The molecule has 0 N–H and O–H groups in total. The molecule has 3 heterocycles. The summed E-state index contributed by atoms with van der Waals surface area (Å²) in [5.41, 5.74) is 1.67. The van der Waals surface area contributed by atoms with Crippen LogP contribution in [-0.2, 0) is 4.79 Å². The summed E-state index contributed by atoms with van der Waals surface area (Å²) in [5, 5.41) is 8.46. The minimum atomic E-state index is -0.343. The van der Waals surface area contributed by atoms with Crippen LogP contribution in [0.2, 0.25) is 0 Å². The maximum atomic E-state index is 13.7. The Bertz CT molecular complexity index is 1090. The number of benzene rings is 1. The molecule has 0 unspecified atom stereocenters. The molecule has 2 aliphatic rings. The van der Waals surface area contributed by atoms with Crippen molar-refractivity contribution in [1.29, 1.82) is 0 Å². The molecule has 2 aromatic heterocycles. The molecule has 32 heavy (non-hydrogen) atoms. The van der Waals surface area contributed by atoms with Gasteiger partial charge in [-0.1, -0.05) is 43.4 Å². The van der Waals surface area contributed by atoms with Gasteiger partial charge in [0.1, 0.15) is 12.1 Å². The standard InChI is InChI=1S/C23H28FN7O/c24-18-7-4-8-19(15-18)31-23-21(27-28-31)22(25-16-26-23)30-13-11-29(12-14-30)20(32)10-9-17-5-2-1-3-6-17/h4,7-8,15-17H,1-3,5-6,9-14H2. The van der Waals surface area contributed by atoms with Gasteiger partial charge < -0.3 is 9.80 Å². The molecular weight excluding hydrogens is 409 g/mol. The molecule has 8 nitrogen and oxygen atoms in total. The molecule has 1 aliphatic carbocycles. The van der Waals surface area contributed by atoms with Crippen molar-refractivity contribution < 1.29 is 9.18 Å². The van der Waals surface area contributed by atoms with Gasteiger partial charge in [-0.15, -0.1) is 5.10 Å². The minimum absolute atomic E-state index is 0.264. The van der Waals surface area contributed by atoms with Crippen molar-refractivity contribution in [2.45, 2.75) is 44.9 Å². The van der Waals surface area contributed by atoms with Gasteiger partial charge in [0.15, 0.2) is 17.0 Å². The summed E-state index contributed by atoms with van der Waals surface area (Å²) in [6.45, 7) is 2.72. The van der Waals surface area contributed by atoms with Gasteiger partial charge in [-0.05, 0) is 30.5 Å². The van der Waals surface area contributed by atoms with Crippen molar-refractivity contribution in [2.75, 3.05) is 31.1 Å². The van der Waals surface area contributed by atoms with E-state index in [9.17, 15) is 9.18 Å². The van der Waals surface area contributed by atoms with E-state index in [0.29, 0.717) is 55.3 Å². The second kappa shape index (κ2) is 9.18. The van der Waals surface area contributed by atoms with Crippen LogP contribution in [0.3, 0.4) is 0 Å². The van der Waals surface area contributed by atoms with E-state index < -0.39 is 0 Å². The number of rotatable bonds is 5. The number of hydrogen-bond acceptors (Lipinski definition) is 6. The predicted octanol–water partition coefficient (Wildman–Crippen LogP) is 3.36. The maximum absolute atomic E-state index is 13.7. The van der Waals surface area contributed by atoms with Crippen molar-refractivity contribution in [1.82, 2.24) is 29.9 Å². The molecular formula is C23H28FN7O. The van der Waals surface area contributed by atoms with Crippen molar-refractivity contribution in [3.63, 3.8) is 0 Å². The van der Waals surface area contributed by atoms with E-state index in [2.05, 4.69) is 25.2 Å². The number of aromatic nitrogens is 5. The van der Waals surface area contributed by atoms with Crippen LogP contribution in [0, 0.1) is 11.7 Å². The third kappa shape index (κ3) is 4.28. The lowest BCUT2D eigenvalue weighted by Gasteiger charge is -2.35. The molecule has 168 valence electrons. The molecule has 0 atom stereocenters. The number of amides is 1. The number of anilines is 1. The zero-order valence-electron chi connectivity index (χ0n) is 18.2. The fourth-order valence-electron chi connectivity index (χ4n) is 4.88. The molecule has 1 amide bonds. The fraction of sp³-hybridized carbons (Fsp3) is 0.522. The van der Waals surface area contributed by atoms with Crippen LogP contribution in [-0.4, -0.2) is 61.9 Å². The van der Waals surface area contributed by atoms with Crippen LogP contribution in [0.4, 0.5) is 10.2 Å². The van der Waals surface area contributed by atoms with Crippen LogP contribution in [0.15, 0.2) is 30.6 Å². The van der Waals surface area contributed by atoms with Gasteiger partial charge >= 0.3 is 0 Å². The smallest absolute Gasteiger partial charge is 0.222 e. The van der Waals surface area contributed by atoms with Crippen LogP contribution < -0.4 is 4.90 Å². The molecule has 1 aliphatic heterocycles. The van der Waals surface area contributed by atoms with Crippen molar-refractivity contribution in [2.24, 2.45) is 5.92 Å². The Kier molecular flexibility index (Phi) is 5.96. The first-order valence-corrected chi connectivity index (χ1v) is 11.5. The van der Waals surface area contributed by atoms with Gasteiger partial charge in [-0.3, -0.25) is 4.79 Å². The van der Waals surface area contributed by atoms with E-state index in [1.165, 1.54) is 55.2 Å². The third-order valence-corrected chi connectivity index (χ3v) is 6.69. The van der Waals surface area contributed by atoms with Crippen LogP contribution in [0.25, 0.3) is 16.9 Å². The first kappa shape index (κ1) is 20.8. The average molecular weight is 438 g/mol. The summed E-state index contributed by atoms with van der Waals surface area (Å²) in [6, 6.07) is 6.17. The average Bonchev–Trinajstić information content (AvgIpc) is 3.28. The van der Waals surface area contributed by atoms with Gasteiger partial charge in [0.05, 0.1) is 5.69 Å². The second-order valence-corrected chi connectivity index (χ2v) is 8.76. The predicted molar refractivity (Wildman–Crippen MR) is 119 cm³/mol.